The fourth-order valence-electron chi connectivity index (χ4n) is 0. The molecule has 0 heterocycles. The van der Waals surface area contributed by atoms with E-state index in [0.29, 0.717) is 0 Å². The molecule has 1 aliphatic carbocycles. The van der Waals surface area contributed by atoms with Crippen molar-refractivity contribution in [1.29, 1.82) is 0 Å². The zero-order chi connectivity index (χ0) is 2.12. The number of halogens is 1. The molecule has 1 saturated carbocycles. The van der Waals surface area contributed by atoms with Crippen LogP contribution in [0.15, 0.2) is 0 Å². The third kappa shape index (κ3) is 11.4. The summed E-state index contributed by atoms with van der Waals surface area (Å²) in [5.74, 6) is 0. The van der Waals surface area contributed by atoms with Gasteiger partial charge in [-0.05, 0) is 0 Å². The largest absolute Gasteiger partial charge is 2.00 e. The van der Waals surface area contributed by atoms with Gasteiger partial charge in [-0.3, -0.25) is 0 Å². The van der Waals surface area contributed by atoms with Crippen LogP contribution in [0.1, 0.15) is 12.8 Å². The van der Waals surface area contributed by atoms with Crippen LogP contribution in [0.25, 0.3) is 0 Å². The van der Waals surface area contributed by atoms with Gasteiger partial charge in [0.15, 0.2) is 0 Å². The second-order valence-electron chi connectivity index (χ2n) is 0.866. The molecule has 26 valence electrons. The summed E-state index contributed by atoms with van der Waals surface area (Å²) >= 11 is 0. The predicted molar refractivity (Wildman–Crippen MR) is 13.5 cm³/mol. The molecule has 0 saturated heterocycles. The SMILES string of the molecule is [CH-]1CC1.[Cl-].[Zn+2]. The van der Waals surface area contributed by atoms with Gasteiger partial charge in [0.05, 0.1) is 0 Å². The van der Waals surface area contributed by atoms with E-state index in [2.05, 4.69) is 6.42 Å². The van der Waals surface area contributed by atoms with Gasteiger partial charge in [0.2, 0.25) is 0 Å². The van der Waals surface area contributed by atoms with Gasteiger partial charge in [-0.2, -0.15) is 0 Å². The molecule has 0 aliphatic heterocycles. The maximum absolute atomic E-state index is 2.25. The molecule has 0 atom stereocenters. The fourth-order valence-corrected chi connectivity index (χ4v) is 0. The van der Waals surface area contributed by atoms with Crippen LogP contribution < -0.4 is 12.4 Å². The van der Waals surface area contributed by atoms with Crippen LogP contribution in [0.3, 0.4) is 0 Å². The Balaban J connectivity index is 0. The van der Waals surface area contributed by atoms with Gasteiger partial charge in [0, 0.05) is 0 Å². The molecule has 5 heavy (non-hydrogen) atoms. The zero-order valence-corrected chi connectivity index (χ0v) is 6.80. The van der Waals surface area contributed by atoms with Crippen molar-refractivity contribution < 1.29 is 31.9 Å². The zero-order valence-electron chi connectivity index (χ0n) is 3.08. The Morgan fingerprint density at radius 1 is 1.20 bits per heavy atom. The van der Waals surface area contributed by atoms with Gasteiger partial charge in [-0.15, -0.1) is 0 Å². The molecule has 0 nitrogen and oxygen atoms in total. The molecule has 0 aromatic rings. The molecule has 0 aromatic heterocycles. The normalized spacial score (nSPS) is 14.4. The molecular formula is C3H5ClZn. The van der Waals surface area contributed by atoms with Gasteiger partial charge >= 0.3 is 19.5 Å². The molecule has 0 amide bonds. The van der Waals surface area contributed by atoms with E-state index >= 15 is 0 Å². The fraction of sp³-hybridized carbons (Fsp3) is 0.667. The first-order valence-corrected chi connectivity index (χ1v) is 1.32. The van der Waals surface area contributed by atoms with Crippen LogP contribution >= 0.6 is 0 Å². The number of hydrogen-bond donors (Lipinski definition) is 0. The van der Waals surface area contributed by atoms with E-state index in [1.54, 1.807) is 0 Å². The minimum Gasteiger partial charge on any atom is -1.00 e. The molecule has 1 fully saturated rings. The first-order chi connectivity index (χ1) is 1.50. The molecule has 0 bridgehead atoms. The monoisotopic (exact) mass is 140 g/mol. The Morgan fingerprint density at radius 3 is 1.40 bits per heavy atom. The quantitative estimate of drug-likeness (QED) is 0.270. The van der Waals surface area contributed by atoms with Crippen molar-refractivity contribution in [1.82, 2.24) is 0 Å². The van der Waals surface area contributed by atoms with Gasteiger partial charge in [-0.25, -0.2) is 12.8 Å². The van der Waals surface area contributed by atoms with Gasteiger partial charge in [0.1, 0.15) is 0 Å². The van der Waals surface area contributed by atoms with E-state index < -0.39 is 0 Å². The Kier molecular flexibility index (Phi) is 9.16. The third-order valence-corrected chi connectivity index (χ3v) is 0.289. The van der Waals surface area contributed by atoms with Crippen LogP contribution in [0.5, 0.6) is 0 Å². The number of rotatable bonds is 0. The van der Waals surface area contributed by atoms with Gasteiger partial charge < -0.3 is 18.8 Å². The van der Waals surface area contributed by atoms with Crippen molar-refractivity contribution in [2.24, 2.45) is 0 Å². The smallest absolute Gasteiger partial charge is 1.00 e. The minimum absolute atomic E-state index is 0. The molecule has 0 spiro atoms. The Hall–Kier alpha value is 0.913. The molecule has 2 heteroatoms. The molecular weight excluding hydrogens is 137 g/mol. The van der Waals surface area contributed by atoms with Crippen molar-refractivity contribution in [2.75, 3.05) is 0 Å². The minimum atomic E-state index is 0. The summed E-state index contributed by atoms with van der Waals surface area (Å²) in [5.41, 5.74) is 0. The summed E-state index contributed by atoms with van der Waals surface area (Å²) in [4.78, 5) is 0. The van der Waals surface area contributed by atoms with E-state index in [-0.39, 0.29) is 31.9 Å². The summed E-state index contributed by atoms with van der Waals surface area (Å²) < 4.78 is 0. The van der Waals surface area contributed by atoms with E-state index in [9.17, 15) is 0 Å². The average Bonchev–Trinajstić information content (AvgIpc) is 1.46. The molecule has 0 radical (unpaired) electrons. The predicted octanol–water partition coefficient (Wildman–Crippen LogP) is -2.01. The van der Waals surface area contributed by atoms with Crippen molar-refractivity contribution >= 4 is 0 Å². The van der Waals surface area contributed by atoms with E-state index in [1.807, 2.05) is 0 Å². The van der Waals surface area contributed by atoms with Crippen LogP contribution in [0.2, 0.25) is 0 Å². The Bertz CT molecular complexity index is 11.6. The van der Waals surface area contributed by atoms with Crippen LogP contribution in [0, 0.1) is 6.42 Å². The van der Waals surface area contributed by atoms with Crippen molar-refractivity contribution in [3.8, 4) is 0 Å². The first-order valence-electron chi connectivity index (χ1n) is 1.32. The topological polar surface area (TPSA) is 0 Å². The molecule has 0 aromatic carbocycles. The number of hydrogen-bond acceptors (Lipinski definition) is 0. The Morgan fingerprint density at radius 2 is 1.40 bits per heavy atom. The summed E-state index contributed by atoms with van der Waals surface area (Å²) in [6.45, 7) is 0. The van der Waals surface area contributed by atoms with Gasteiger partial charge in [0.25, 0.3) is 0 Å². The summed E-state index contributed by atoms with van der Waals surface area (Å²) in [6.07, 6.45) is 5.00. The maximum Gasteiger partial charge on any atom is 2.00 e. The van der Waals surface area contributed by atoms with Crippen molar-refractivity contribution in [3.05, 3.63) is 6.42 Å². The average molecular weight is 142 g/mol. The summed E-state index contributed by atoms with van der Waals surface area (Å²) in [7, 11) is 0. The van der Waals surface area contributed by atoms with Crippen molar-refractivity contribution in [3.63, 3.8) is 0 Å². The standard InChI is InChI=1S/C3H5.ClH.Zn/c1-2-3-1;;/h1H,2-3H2;1H;/q-1;;+2/p-1. The molecule has 0 unspecified atom stereocenters. The second kappa shape index (κ2) is 4.91. The molecule has 1 rings (SSSR count). The molecule has 0 N–H and O–H groups in total. The van der Waals surface area contributed by atoms with Crippen LogP contribution in [0.4, 0.5) is 0 Å². The van der Waals surface area contributed by atoms with Crippen molar-refractivity contribution in [2.45, 2.75) is 12.8 Å². The third-order valence-electron chi connectivity index (χ3n) is 0.289. The van der Waals surface area contributed by atoms with E-state index in [4.69, 9.17) is 0 Å². The maximum atomic E-state index is 2.25. The van der Waals surface area contributed by atoms with Crippen LogP contribution in [-0.2, 0) is 19.5 Å². The van der Waals surface area contributed by atoms with Crippen LogP contribution in [-0.4, -0.2) is 0 Å². The Labute approximate surface area is 51.5 Å². The molecule has 1 aliphatic rings. The first kappa shape index (κ1) is 9.32. The summed E-state index contributed by atoms with van der Waals surface area (Å²) in [6, 6.07) is 0. The summed E-state index contributed by atoms with van der Waals surface area (Å²) in [5, 5.41) is 0. The van der Waals surface area contributed by atoms with E-state index in [0.717, 1.165) is 0 Å². The second-order valence-corrected chi connectivity index (χ2v) is 0.866. The van der Waals surface area contributed by atoms with Gasteiger partial charge in [-0.1, -0.05) is 0 Å². The van der Waals surface area contributed by atoms with E-state index in [1.165, 1.54) is 12.8 Å².